The number of rotatable bonds is 3. The van der Waals surface area contributed by atoms with Crippen molar-refractivity contribution in [2.75, 3.05) is 0 Å². The Balaban J connectivity index is 2.11. The van der Waals surface area contributed by atoms with Gasteiger partial charge >= 0.3 is 0 Å². The normalized spacial score (nSPS) is 10.7. The minimum Gasteiger partial charge on any atom is -0.545 e. The molecule has 21 heavy (non-hydrogen) atoms. The van der Waals surface area contributed by atoms with Crippen molar-refractivity contribution in [3.05, 3.63) is 71.2 Å². The first-order valence-electron chi connectivity index (χ1n) is 6.32. The Morgan fingerprint density at radius 3 is 2.29 bits per heavy atom. The maximum absolute atomic E-state index is 11.2. The number of aromatic carboxylic acids is 1. The van der Waals surface area contributed by atoms with Gasteiger partial charge in [0.2, 0.25) is 0 Å². The Kier molecular flexibility index (Phi) is 3.86. The molecule has 4 heteroatoms. The molecule has 104 valence electrons. The van der Waals surface area contributed by atoms with Gasteiger partial charge in [0.25, 0.3) is 0 Å². The molecule has 0 radical (unpaired) electrons. The summed E-state index contributed by atoms with van der Waals surface area (Å²) in [6.07, 6.45) is 0. The number of carboxylic acid groups (broad SMARTS) is 1. The second-order valence-corrected chi connectivity index (χ2v) is 5.97. The van der Waals surface area contributed by atoms with E-state index in [0.29, 0.717) is 9.92 Å². The van der Waals surface area contributed by atoms with Gasteiger partial charge in [0, 0.05) is 25.8 Å². The highest BCUT2D eigenvalue weighted by atomic mass is 35.5. The number of carbonyl (C=O) groups excluding carboxylic acids is 1. The second kappa shape index (κ2) is 5.80. The predicted molar refractivity (Wildman–Crippen MR) is 83.9 cm³/mol. The molecule has 0 spiro atoms. The van der Waals surface area contributed by atoms with Crippen LogP contribution in [0.2, 0.25) is 5.02 Å². The van der Waals surface area contributed by atoms with Crippen molar-refractivity contribution in [1.82, 2.24) is 0 Å². The standard InChI is InChI=1S/C17H11ClO2S/c18-14-9-10-16(12-6-2-1-5-11(12)14)21-15-8-4-3-7-13(15)17(19)20/h1-10H,(H,19,20)/p-1. The Bertz CT molecular complexity index is 830. The fraction of sp³-hybridized carbons (Fsp3) is 0. The van der Waals surface area contributed by atoms with Crippen molar-refractivity contribution in [3.63, 3.8) is 0 Å². The summed E-state index contributed by atoms with van der Waals surface area (Å²) in [5.41, 5.74) is 0.196. The van der Waals surface area contributed by atoms with Gasteiger partial charge in [-0.1, -0.05) is 65.8 Å². The van der Waals surface area contributed by atoms with Gasteiger partial charge in [-0.2, -0.15) is 0 Å². The number of halogens is 1. The van der Waals surface area contributed by atoms with Crippen molar-refractivity contribution in [3.8, 4) is 0 Å². The van der Waals surface area contributed by atoms with E-state index in [1.54, 1.807) is 18.2 Å². The van der Waals surface area contributed by atoms with Gasteiger partial charge in [-0.15, -0.1) is 0 Å². The molecule has 0 aliphatic carbocycles. The number of carbonyl (C=O) groups is 1. The quantitative estimate of drug-likeness (QED) is 0.733. The van der Waals surface area contributed by atoms with Crippen LogP contribution in [0.1, 0.15) is 10.4 Å². The predicted octanol–water partition coefficient (Wildman–Crippen LogP) is 4.01. The zero-order chi connectivity index (χ0) is 14.8. The number of benzene rings is 3. The lowest BCUT2D eigenvalue weighted by atomic mass is 10.1. The summed E-state index contributed by atoms with van der Waals surface area (Å²) >= 11 is 7.60. The molecule has 0 atom stereocenters. The van der Waals surface area contributed by atoms with Gasteiger partial charge in [0.15, 0.2) is 0 Å². The zero-order valence-electron chi connectivity index (χ0n) is 10.9. The third-order valence-electron chi connectivity index (χ3n) is 3.16. The summed E-state index contributed by atoms with van der Waals surface area (Å²) in [5.74, 6) is -1.17. The molecule has 0 N–H and O–H groups in total. The number of hydrogen-bond acceptors (Lipinski definition) is 3. The molecule has 0 heterocycles. The average Bonchev–Trinajstić information content (AvgIpc) is 2.51. The molecule has 0 aliphatic heterocycles. The zero-order valence-corrected chi connectivity index (χ0v) is 12.4. The van der Waals surface area contributed by atoms with E-state index in [1.807, 2.05) is 42.5 Å². The maximum atomic E-state index is 11.2. The van der Waals surface area contributed by atoms with Gasteiger partial charge in [-0.05, 0) is 23.6 Å². The van der Waals surface area contributed by atoms with Crippen LogP contribution in [-0.4, -0.2) is 5.97 Å². The van der Waals surface area contributed by atoms with Crippen LogP contribution in [-0.2, 0) is 0 Å². The van der Waals surface area contributed by atoms with E-state index < -0.39 is 5.97 Å². The van der Waals surface area contributed by atoms with Crippen LogP contribution in [0.4, 0.5) is 0 Å². The lowest BCUT2D eigenvalue weighted by Crippen LogP contribution is -2.22. The summed E-state index contributed by atoms with van der Waals surface area (Å²) in [6.45, 7) is 0. The topological polar surface area (TPSA) is 40.1 Å². The smallest absolute Gasteiger partial charge is 0.0726 e. The molecule has 3 aromatic carbocycles. The second-order valence-electron chi connectivity index (χ2n) is 4.48. The van der Waals surface area contributed by atoms with Crippen molar-refractivity contribution in [2.24, 2.45) is 0 Å². The molecule has 0 saturated heterocycles. The van der Waals surface area contributed by atoms with E-state index in [9.17, 15) is 9.90 Å². The van der Waals surface area contributed by atoms with Crippen molar-refractivity contribution in [1.29, 1.82) is 0 Å². The van der Waals surface area contributed by atoms with E-state index in [0.717, 1.165) is 15.7 Å². The molecule has 2 nitrogen and oxygen atoms in total. The molecule has 0 fully saturated rings. The Morgan fingerprint density at radius 2 is 1.52 bits per heavy atom. The minimum absolute atomic E-state index is 0.196. The van der Waals surface area contributed by atoms with Crippen LogP contribution in [0.15, 0.2) is 70.5 Å². The summed E-state index contributed by atoms with van der Waals surface area (Å²) in [6, 6.07) is 18.4. The summed E-state index contributed by atoms with van der Waals surface area (Å²) < 4.78 is 0. The monoisotopic (exact) mass is 313 g/mol. The van der Waals surface area contributed by atoms with E-state index >= 15 is 0 Å². The van der Waals surface area contributed by atoms with E-state index in [4.69, 9.17) is 11.6 Å². The molecular formula is C17H10ClO2S-. The third kappa shape index (κ3) is 2.75. The fourth-order valence-electron chi connectivity index (χ4n) is 2.17. The van der Waals surface area contributed by atoms with E-state index in [-0.39, 0.29) is 5.56 Å². The van der Waals surface area contributed by atoms with Crippen LogP contribution < -0.4 is 5.11 Å². The number of hydrogen-bond donors (Lipinski definition) is 0. The Morgan fingerprint density at radius 1 is 0.857 bits per heavy atom. The first-order valence-corrected chi connectivity index (χ1v) is 7.52. The lowest BCUT2D eigenvalue weighted by Gasteiger charge is -2.12. The SMILES string of the molecule is O=C([O-])c1ccccc1Sc1ccc(Cl)c2ccccc12. The molecule has 0 saturated carbocycles. The first-order chi connectivity index (χ1) is 10.2. The molecule has 3 aromatic rings. The maximum Gasteiger partial charge on any atom is 0.0726 e. The Labute approximate surface area is 131 Å². The van der Waals surface area contributed by atoms with Crippen molar-refractivity contribution in [2.45, 2.75) is 9.79 Å². The van der Waals surface area contributed by atoms with Crippen molar-refractivity contribution >= 4 is 40.1 Å². The minimum atomic E-state index is -1.17. The first kappa shape index (κ1) is 14.0. The number of fused-ring (bicyclic) bond motifs is 1. The molecule has 0 bridgehead atoms. The third-order valence-corrected chi connectivity index (χ3v) is 4.64. The summed E-state index contributed by atoms with van der Waals surface area (Å²) in [4.78, 5) is 12.8. The van der Waals surface area contributed by atoms with E-state index in [2.05, 4.69) is 0 Å². The largest absolute Gasteiger partial charge is 0.545 e. The van der Waals surface area contributed by atoms with E-state index in [1.165, 1.54) is 11.8 Å². The average molecular weight is 314 g/mol. The van der Waals surface area contributed by atoms with Gasteiger partial charge in [0.1, 0.15) is 0 Å². The fourth-order valence-corrected chi connectivity index (χ4v) is 3.46. The van der Waals surface area contributed by atoms with Gasteiger partial charge in [-0.3, -0.25) is 0 Å². The summed E-state index contributed by atoms with van der Waals surface area (Å²) in [7, 11) is 0. The molecule has 0 aromatic heterocycles. The lowest BCUT2D eigenvalue weighted by molar-refractivity contribution is -0.255. The molecule has 0 aliphatic rings. The van der Waals surface area contributed by atoms with Crippen LogP contribution in [0.5, 0.6) is 0 Å². The highest BCUT2D eigenvalue weighted by molar-refractivity contribution is 7.99. The van der Waals surface area contributed by atoms with Crippen LogP contribution in [0, 0.1) is 0 Å². The van der Waals surface area contributed by atoms with Crippen LogP contribution >= 0.6 is 23.4 Å². The van der Waals surface area contributed by atoms with Gasteiger partial charge in [-0.25, -0.2) is 0 Å². The highest BCUT2D eigenvalue weighted by Gasteiger charge is 2.09. The van der Waals surface area contributed by atoms with Crippen LogP contribution in [0.3, 0.4) is 0 Å². The Hall–Kier alpha value is -1.97. The highest BCUT2D eigenvalue weighted by Crippen LogP contribution is 2.37. The van der Waals surface area contributed by atoms with Crippen molar-refractivity contribution < 1.29 is 9.90 Å². The number of carboxylic acids is 1. The van der Waals surface area contributed by atoms with Gasteiger partial charge < -0.3 is 9.90 Å². The molecule has 3 rings (SSSR count). The molecule has 0 unspecified atom stereocenters. The van der Waals surface area contributed by atoms with Gasteiger partial charge in [0.05, 0.1) is 5.97 Å². The molecule has 0 amide bonds. The molecular weight excluding hydrogens is 304 g/mol. The summed E-state index contributed by atoms with van der Waals surface area (Å²) in [5, 5.41) is 13.8. The van der Waals surface area contributed by atoms with Crippen LogP contribution in [0.25, 0.3) is 10.8 Å².